The molecule has 0 unspecified atom stereocenters. The van der Waals surface area contributed by atoms with Gasteiger partial charge < -0.3 is 15.2 Å². The number of carbonyl (C=O) groups excluding carboxylic acids is 1. The Labute approximate surface area is 103 Å². The smallest absolute Gasteiger partial charge is 0.407 e. The number of rotatable bonds is 2. The van der Waals surface area contributed by atoms with Gasteiger partial charge in [-0.05, 0) is 45.4 Å². The van der Waals surface area contributed by atoms with Crippen molar-refractivity contribution in [1.29, 1.82) is 0 Å². The number of nitrogens with one attached hydrogen (secondary N) is 1. The molecule has 1 fully saturated rings. The summed E-state index contributed by atoms with van der Waals surface area (Å²) in [6, 6.07) is 0. The van der Waals surface area contributed by atoms with E-state index in [1.165, 1.54) is 12.8 Å². The molecular formula is C12H23NO4. The minimum absolute atomic E-state index is 0.250. The number of ether oxygens (including phenoxy) is 1. The lowest BCUT2D eigenvalue weighted by molar-refractivity contribution is -0.122. The Kier molecular flexibility index (Phi) is 6.61. The second kappa shape index (κ2) is 7.14. The fourth-order valence-electron chi connectivity index (χ4n) is 1.78. The van der Waals surface area contributed by atoms with Crippen LogP contribution in [0.15, 0.2) is 0 Å². The van der Waals surface area contributed by atoms with Gasteiger partial charge in [0.05, 0.1) is 0 Å². The van der Waals surface area contributed by atoms with Gasteiger partial charge in [-0.3, -0.25) is 4.79 Å². The van der Waals surface area contributed by atoms with Gasteiger partial charge in [-0.2, -0.15) is 0 Å². The predicted octanol–water partition coefficient (Wildman–Crippen LogP) is 2.26. The van der Waals surface area contributed by atoms with Crippen LogP contribution in [0.3, 0.4) is 0 Å². The molecule has 100 valence electrons. The molecule has 1 aliphatic rings. The quantitative estimate of drug-likeness (QED) is 0.732. The summed E-state index contributed by atoms with van der Waals surface area (Å²) >= 11 is 0. The first-order chi connectivity index (χ1) is 7.78. The molecule has 5 heteroatoms. The van der Waals surface area contributed by atoms with E-state index in [-0.39, 0.29) is 12.6 Å². The Morgan fingerprint density at radius 2 is 1.94 bits per heavy atom. The van der Waals surface area contributed by atoms with Crippen LogP contribution in [-0.4, -0.2) is 29.8 Å². The maximum atomic E-state index is 11.3. The van der Waals surface area contributed by atoms with E-state index in [9.17, 15) is 4.79 Å². The summed E-state index contributed by atoms with van der Waals surface area (Å²) in [6.07, 6.45) is 2.17. The first-order valence-electron chi connectivity index (χ1n) is 5.83. The number of carbonyl (C=O) groups is 2. The summed E-state index contributed by atoms with van der Waals surface area (Å²) < 4.78 is 5.13. The molecule has 0 aliphatic heterocycles. The average Bonchev–Trinajstić information content (AvgIpc) is 2.09. The van der Waals surface area contributed by atoms with Gasteiger partial charge in [-0.15, -0.1) is 0 Å². The molecule has 0 aromatic rings. The summed E-state index contributed by atoms with van der Waals surface area (Å²) in [7, 11) is 0. The molecule has 0 radical (unpaired) electrons. The zero-order valence-corrected chi connectivity index (χ0v) is 11.0. The Balaban J connectivity index is 0.000000770. The van der Waals surface area contributed by atoms with Crippen LogP contribution >= 0.6 is 0 Å². The number of carboxylic acid groups (broad SMARTS) is 1. The number of hydrogen-bond acceptors (Lipinski definition) is 3. The number of alkyl carbamates (subject to hydrolysis) is 1. The lowest BCUT2D eigenvalue weighted by Crippen LogP contribution is -2.38. The van der Waals surface area contributed by atoms with Crippen molar-refractivity contribution in [2.24, 2.45) is 11.8 Å². The summed E-state index contributed by atoms with van der Waals surface area (Å²) in [5, 5.41) is 9.69. The van der Waals surface area contributed by atoms with Crippen molar-refractivity contribution in [2.45, 2.75) is 46.1 Å². The van der Waals surface area contributed by atoms with Crippen LogP contribution in [0.25, 0.3) is 0 Å². The highest BCUT2D eigenvalue weighted by molar-refractivity contribution is 5.67. The van der Waals surface area contributed by atoms with Gasteiger partial charge in [0.25, 0.3) is 6.47 Å². The largest absolute Gasteiger partial charge is 0.483 e. The zero-order chi connectivity index (χ0) is 13.5. The van der Waals surface area contributed by atoms with Gasteiger partial charge in [-0.1, -0.05) is 6.92 Å². The number of amides is 1. The molecule has 0 spiro atoms. The van der Waals surface area contributed by atoms with Gasteiger partial charge in [0.1, 0.15) is 5.60 Å². The first-order valence-corrected chi connectivity index (χ1v) is 5.83. The highest BCUT2D eigenvalue weighted by Crippen LogP contribution is 2.32. The molecule has 17 heavy (non-hydrogen) atoms. The molecular weight excluding hydrogens is 222 g/mol. The van der Waals surface area contributed by atoms with Crippen LogP contribution in [0.2, 0.25) is 0 Å². The van der Waals surface area contributed by atoms with Gasteiger partial charge in [0, 0.05) is 6.54 Å². The molecule has 0 bridgehead atoms. The SMILES string of the molecule is CC1CC(CNC(=O)OC(C)(C)C)C1.O=CO. The predicted molar refractivity (Wildman–Crippen MR) is 64.8 cm³/mol. The van der Waals surface area contributed by atoms with Crippen LogP contribution in [-0.2, 0) is 9.53 Å². The molecule has 0 aromatic carbocycles. The van der Waals surface area contributed by atoms with Crippen molar-refractivity contribution in [3.63, 3.8) is 0 Å². The topological polar surface area (TPSA) is 75.6 Å². The number of hydrogen-bond donors (Lipinski definition) is 2. The van der Waals surface area contributed by atoms with E-state index < -0.39 is 5.60 Å². The van der Waals surface area contributed by atoms with Crippen LogP contribution < -0.4 is 5.32 Å². The van der Waals surface area contributed by atoms with Gasteiger partial charge in [-0.25, -0.2) is 4.79 Å². The van der Waals surface area contributed by atoms with E-state index >= 15 is 0 Å². The minimum Gasteiger partial charge on any atom is -0.483 e. The molecule has 0 atom stereocenters. The minimum atomic E-state index is -0.392. The molecule has 2 N–H and O–H groups in total. The van der Waals surface area contributed by atoms with E-state index in [0.717, 1.165) is 12.5 Å². The van der Waals surface area contributed by atoms with Crippen molar-refractivity contribution in [2.75, 3.05) is 6.54 Å². The molecule has 0 heterocycles. The van der Waals surface area contributed by atoms with Crippen molar-refractivity contribution in [3.05, 3.63) is 0 Å². The first kappa shape index (κ1) is 15.7. The third kappa shape index (κ3) is 8.54. The second-order valence-electron chi connectivity index (χ2n) is 5.43. The standard InChI is InChI=1S/C11H21NO2.CH2O2/c1-8-5-9(6-8)7-12-10(13)14-11(2,3)4;2-1-3/h8-9H,5-7H2,1-4H3,(H,12,13);1H,(H,2,3). The van der Waals surface area contributed by atoms with E-state index in [4.69, 9.17) is 14.6 Å². The van der Waals surface area contributed by atoms with Crippen LogP contribution in [0.5, 0.6) is 0 Å². The van der Waals surface area contributed by atoms with Crippen molar-refractivity contribution >= 4 is 12.6 Å². The molecule has 1 aliphatic carbocycles. The van der Waals surface area contributed by atoms with Crippen LogP contribution in [0, 0.1) is 11.8 Å². The summed E-state index contributed by atoms with van der Waals surface area (Å²) in [5.41, 5.74) is -0.392. The molecule has 1 rings (SSSR count). The van der Waals surface area contributed by atoms with Crippen molar-refractivity contribution < 1.29 is 19.4 Å². The third-order valence-corrected chi connectivity index (χ3v) is 2.41. The Bertz CT molecular complexity index is 241. The van der Waals surface area contributed by atoms with Gasteiger partial charge in [0.15, 0.2) is 0 Å². The molecule has 1 saturated carbocycles. The summed E-state index contributed by atoms with van der Waals surface area (Å²) in [5.74, 6) is 1.50. The summed E-state index contributed by atoms with van der Waals surface area (Å²) in [6.45, 7) is 8.37. The van der Waals surface area contributed by atoms with Crippen LogP contribution in [0.4, 0.5) is 4.79 Å². The highest BCUT2D eigenvalue weighted by Gasteiger charge is 2.26. The summed E-state index contributed by atoms with van der Waals surface area (Å²) in [4.78, 5) is 19.6. The van der Waals surface area contributed by atoms with E-state index in [0.29, 0.717) is 5.92 Å². The Morgan fingerprint density at radius 1 is 1.47 bits per heavy atom. The fraction of sp³-hybridized carbons (Fsp3) is 0.833. The van der Waals surface area contributed by atoms with E-state index in [1.807, 2.05) is 20.8 Å². The van der Waals surface area contributed by atoms with E-state index in [1.54, 1.807) is 0 Å². The lowest BCUT2D eigenvalue weighted by Gasteiger charge is -2.32. The molecule has 0 aromatic heterocycles. The maximum absolute atomic E-state index is 11.3. The third-order valence-electron chi connectivity index (χ3n) is 2.41. The fourth-order valence-corrected chi connectivity index (χ4v) is 1.78. The Morgan fingerprint density at radius 3 is 2.29 bits per heavy atom. The van der Waals surface area contributed by atoms with Crippen molar-refractivity contribution in [3.8, 4) is 0 Å². The highest BCUT2D eigenvalue weighted by atomic mass is 16.6. The van der Waals surface area contributed by atoms with Gasteiger partial charge in [0.2, 0.25) is 0 Å². The Hall–Kier alpha value is -1.26. The van der Waals surface area contributed by atoms with Crippen LogP contribution in [0.1, 0.15) is 40.5 Å². The van der Waals surface area contributed by atoms with E-state index in [2.05, 4.69) is 12.2 Å². The molecule has 5 nitrogen and oxygen atoms in total. The lowest BCUT2D eigenvalue weighted by atomic mass is 9.76. The second-order valence-corrected chi connectivity index (χ2v) is 5.43. The molecule has 1 amide bonds. The monoisotopic (exact) mass is 245 g/mol. The zero-order valence-electron chi connectivity index (χ0n) is 11.0. The normalized spacial score (nSPS) is 22.6. The maximum Gasteiger partial charge on any atom is 0.407 e. The molecule has 0 saturated heterocycles. The van der Waals surface area contributed by atoms with Gasteiger partial charge >= 0.3 is 6.09 Å². The van der Waals surface area contributed by atoms with Crippen molar-refractivity contribution in [1.82, 2.24) is 5.32 Å². The average molecular weight is 245 g/mol.